The fraction of sp³-hybridized carbons (Fsp3) is 0.571. The lowest BCUT2D eigenvalue weighted by Gasteiger charge is -2.13. The Kier molecular flexibility index (Phi) is 4.00. The molecule has 1 aliphatic rings. The zero-order chi connectivity index (χ0) is 12.3. The second kappa shape index (κ2) is 5.50. The molecule has 0 spiro atoms. The summed E-state index contributed by atoms with van der Waals surface area (Å²) in [6, 6.07) is 4.84. The molecule has 0 saturated heterocycles. The minimum Gasteiger partial charge on any atom is -0.490 e. The number of hydrogen-bond acceptors (Lipinski definition) is 2. The molecule has 17 heavy (non-hydrogen) atoms. The summed E-state index contributed by atoms with van der Waals surface area (Å²) in [5.41, 5.74) is 6.50. The molecule has 0 amide bonds. The summed E-state index contributed by atoms with van der Waals surface area (Å²) in [6.07, 6.45) is 4.97. The van der Waals surface area contributed by atoms with Crippen LogP contribution in [0.1, 0.15) is 44.2 Å². The Hall–Kier alpha value is -1.09. The Labute approximate surface area is 102 Å². The van der Waals surface area contributed by atoms with E-state index in [1.165, 1.54) is 31.7 Å². The van der Waals surface area contributed by atoms with Gasteiger partial charge in [-0.25, -0.2) is 4.39 Å². The second-order valence-electron chi connectivity index (χ2n) is 4.94. The fourth-order valence-electron chi connectivity index (χ4n) is 2.30. The lowest BCUT2D eigenvalue weighted by atomic mass is 10.1. The lowest BCUT2D eigenvalue weighted by molar-refractivity contribution is 0.242. The summed E-state index contributed by atoms with van der Waals surface area (Å²) in [5.74, 6) is 0.640. The third kappa shape index (κ3) is 3.19. The van der Waals surface area contributed by atoms with Crippen molar-refractivity contribution in [1.82, 2.24) is 0 Å². The maximum atomic E-state index is 13.7. The Morgan fingerprint density at radius 2 is 2.12 bits per heavy atom. The molecule has 0 unspecified atom stereocenters. The summed E-state index contributed by atoms with van der Waals surface area (Å²) in [5, 5.41) is 0. The van der Waals surface area contributed by atoms with Gasteiger partial charge in [0.1, 0.15) is 0 Å². The van der Waals surface area contributed by atoms with Crippen LogP contribution in [0.3, 0.4) is 0 Å². The van der Waals surface area contributed by atoms with E-state index in [0.717, 1.165) is 5.56 Å². The molecule has 0 heterocycles. The van der Waals surface area contributed by atoms with Gasteiger partial charge in [-0.15, -0.1) is 0 Å². The van der Waals surface area contributed by atoms with Gasteiger partial charge in [-0.2, -0.15) is 0 Å². The van der Waals surface area contributed by atoms with Crippen LogP contribution in [0, 0.1) is 11.7 Å². The summed E-state index contributed by atoms with van der Waals surface area (Å²) in [4.78, 5) is 0. The molecule has 1 atom stereocenters. The zero-order valence-corrected chi connectivity index (χ0v) is 10.3. The first kappa shape index (κ1) is 12.4. The number of benzene rings is 1. The van der Waals surface area contributed by atoms with Crippen molar-refractivity contribution in [2.75, 3.05) is 6.61 Å². The normalized spacial score (nSPS) is 18.3. The standard InChI is InChI=1S/C14H20FNO/c1-10(16)12-6-7-14(13(15)8-12)17-9-11-4-2-3-5-11/h6-8,10-11H,2-5,9,16H2,1H3/t10-/m0/s1. The van der Waals surface area contributed by atoms with Gasteiger partial charge < -0.3 is 10.5 Å². The molecule has 2 rings (SSSR count). The van der Waals surface area contributed by atoms with Crippen LogP contribution in [0.2, 0.25) is 0 Å². The van der Waals surface area contributed by atoms with Gasteiger partial charge in [-0.1, -0.05) is 18.9 Å². The van der Waals surface area contributed by atoms with Crippen LogP contribution in [0.5, 0.6) is 5.75 Å². The van der Waals surface area contributed by atoms with Crippen molar-refractivity contribution in [3.8, 4) is 5.75 Å². The van der Waals surface area contributed by atoms with Crippen molar-refractivity contribution < 1.29 is 9.13 Å². The fourth-order valence-corrected chi connectivity index (χ4v) is 2.30. The Morgan fingerprint density at radius 1 is 1.41 bits per heavy atom. The van der Waals surface area contributed by atoms with Gasteiger partial charge in [0.2, 0.25) is 0 Å². The largest absolute Gasteiger partial charge is 0.490 e. The molecule has 94 valence electrons. The van der Waals surface area contributed by atoms with Crippen molar-refractivity contribution >= 4 is 0 Å². The molecule has 1 aliphatic carbocycles. The third-order valence-electron chi connectivity index (χ3n) is 3.43. The number of nitrogens with two attached hydrogens (primary N) is 1. The van der Waals surface area contributed by atoms with Crippen LogP contribution in [0.25, 0.3) is 0 Å². The number of halogens is 1. The van der Waals surface area contributed by atoms with Crippen LogP contribution >= 0.6 is 0 Å². The number of rotatable bonds is 4. The topological polar surface area (TPSA) is 35.2 Å². The van der Waals surface area contributed by atoms with Gasteiger partial charge in [0.15, 0.2) is 11.6 Å². The number of ether oxygens (including phenoxy) is 1. The highest BCUT2D eigenvalue weighted by Crippen LogP contribution is 2.27. The lowest BCUT2D eigenvalue weighted by Crippen LogP contribution is -2.10. The van der Waals surface area contributed by atoms with Crippen molar-refractivity contribution in [2.45, 2.75) is 38.6 Å². The predicted octanol–water partition coefficient (Wildman–Crippen LogP) is 3.41. The molecular formula is C14H20FNO. The van der Waals surface area contributed by atoms with E-state index in [1.807, 2.05) is 13.0 Å². The van der Waals surface area contributed by atoms with Crippen LogP contribution in [0.15, 0.2) is 18.2 Å². The van der Waals surface area contributed by atoms with Crippen LogP contribution < -0.4 is 10.5 Å². The SMILES string of the molecule is C[C@H](N)c1ccc(OCC2CCCC2)c(F)c1. The van der Waals surface area contributed by atoms with E-state index in [1.54, 1.807) is 6.07 Å². The van der Waals surface area contributed by atoms with Crippen LogP contribution in [-0.2, 0) is 0 Å². The van der Waals surface area contributed by atoms with Crippen molar-refractivity contribution in [3.05, 3.63) is 29.6 Å². The highest BCUT2D eigenvalue weighted by Gasteiger charge is 2.16. The van der Waals surface area contributed by atoms with Gasteiger partial charge in [0.05, 0.1) is 6.61 Å². The average molecular weight is 237 g/mol. The van der Waals surface area contributed by atoms with Gasteiger partial charge in [0, 0.05) is 6.04 Å². The maximum Gasteiger partial charge on any atom is 0.165 e. The van der Waals surface area contributed by atoms with Crippen LogP contribution in [-0.4, -0.2) is 6.61 Å². The predicted molar refractivity (Wildman–Crippen MR) is 66.5 cm³/mol. The minimum atomic E-state index is -0.308. The van der Waals surface area contributed by atoms with Crippen molar-refractivity contribution in [3.63, 3.8) is 0 Å². The highest BCUT2D eigenvalue weighted by atomic mass is 19.1. The molecule has 1 fully saturated rings. The second-order valence-corrected chi connectivity index (χ2v) is 4.94. The minimum absolute atomic E-state index is 0.145. The number of hydrogen-bond donors (Lipinski definition) is 1. The Bertz CT molecular complexity index is 372. The molecule has 1 aromatic rings. The smallest absolute Gasteiger partial charge is 0.165 e. The van der Waals surface area contributed by atoms with Crippen molar-refractivity contribution in [1.29, 1.82) is 0 Å². The van der Waals surface area contributed by atoms with E-state index >= 15 is 0 Å². The van der Waals surface area contributed by atoms with Gasteiger partial charge >= 0.3 is 0 Å². The average Bonchev–Trinajstić information content (AvgIpc) is 2.80. The van der Waals surface area contributed by atoms with E-state index in [4.69, 9.17) is 10.5 Å². The first-order valence-corrected chi connectivity index (χ1v) is 6.34. The van der Waals surface area contributed by atoms with E-state index < -0.39 is 0 Å². The molecule has 1 saturated carbocycles. The first-order chi connectivity index (χ1) is 8.16. The van der Waals surface area contributed by atoms with E-state index in [-0.39, 0.29) is 11.9 Å². The quantitative estimate of drug-likeness (QED) is 0.871. The molecule has 2 nitrogen and oxygen atoms in total. The Morgan fingerprint density at radius 3 is 2.71 bits per heavy atom. The molecule has 1 aromatic carbocycles. The molecular weight excluding hydrogens is 217 g/mol. The summed E-state index contributed by atoms with van der Waals surface area (Å²) < 4.78 is 19.2. The molecule has 0 aliphatic heterocycles. The van der Waals surface area contributed by atoms with E-state index in [2.05, 4.69) is 0 Å². The first-order valence-electron chi connectivity index (χ1n) is 6.34. The summed E-state index contributed by atoms with van der Waals surface area (Å²) in [6.45, 7) is 2.47. The third-order valence-corrected chi connectivity index (χ3v) is 3.43. The molecule has 0 aromatic heterocycles. The van der Waals surface area contributed by atoms with E-state index in [0.29, 0.717) is 18.3 Å². The summed E-state index contributed by atoms with van der Waals surface area (Å²) >= 11 is 0. The maximum absolute atomic E-state index is 13.7. The van der Waals surface area contributed by atoms with Crippen LogP contribution in [0.4, 0.5) is 4.39 Å². The molecule has 3 heteroatoms. The monoisotopic (exact) mass is 237 g/mol. The summed E-state index contributed by atoms with van der Waals surface area (Å²) in [7, 11) is 0. The molecule has 2 N–H and O–H groups in total. The van der Waals surface area contributed by atoms with Crippen molar-refractivity contribution in [2.24, 2.45) is 11.7 Å². The molecule has 0 bridgehead atoms. The van der Waals surface area contributed by atoms with Gasteiger partial charge in [0.25, 0.3) is 0 Å². The highest BCUT2D eigenvalue weighted by molar-refractivity contribution is 5.30. The molecule has 0 radical (unpaired) electrons. The van der Waals surface area contributed by atoms with Gasteiger partial charge in [-0.3, -0.25) is 0 Å². The van der Waals surface area contributed by atoms with Gasteiger partial charge in [-0.05, 0) is 43.4 Å². The Balaban J connectivity index is 1.96. The van der Waals surface area contributed by atoms with E-state index in [9.17, 15) is 4.39 Å². The zero-order valence-electron chi connectivity index (χ0n) is 10.3.